The highest BCUT2D eigenvalue weighted by Crippen LogP contribution is 2.28. The van der Waals surface area contributed by atoms with Gasteiger partial charge in [-0.1, -0.05) is 29.8 Å². The number of thioether (sulfide) groups is 1. The minimum atomic E-state index is -1.25. The Balaban J connectivity index is 2.18. The minimum Gasteiger partial charge on any atom is -0.478 e. The van der Waals surface area contributed by atoms with Crippen LogP contribution in [0.3, 0.4) is 0 Å². The van der Waals surface area contributed by atoms with E-state index in [1.165, 1.54) is 17.8 Å². The van der Waals surface area contributed by atoms with E-state index >= 15 is 0 Å². The number of hydrogen-bond acceptors (Lipinski definition) is 2. The predicted octanol–water partition coefficient (Wildman–Crippen LogP) is 4.47. The molecule has 2 aromatic rings. The molecule has 0 heterocycles. The van der Waals surface area contributed by atoms with Crippen LogP contribution in [-0.4, -0.2) is 11.1 Å². The van der Waals surface area contributed by atoms with Gasteiger partial charge in [0.05, 0.1) is 0 Å². The maximum absolute atomic E-state index is 13.5. The van der Waals surface area contributed by atoms with Gasteiger partial charge in [-0.25, -0.2) is 9.18 Å². The van der Waals surface area contributed by atoms with Gasteiger partial charge in [0.2, 0.25) is 0 Å². The molecular formula is C14H10ClFO2S. The molecule has 0 bridgehead atoms. The third-order valence-electron chi connectivity index (χ3n) is 2.50. The third-order valence-corrected chi connectivity index (χ3v) is 3.88. The fraction of sp³-hybridized carbons (Fsp3) is 0.0714. The number of benzene rings is 2. The second kappa shape index (κ2) is 6.08. The summed E-state index contributed by atoms with van der Waals surface area (Å²) < 4.78 is 13.5. The highest BCUT2D eigenvalue weighted by molar-refractivity contribution is 7.98. The van der Waals surface area contributed by atoms with Gasteiger partial charge in [-0.2, -0.15) is 0 Å². The smallest absolute Gasteiger partial charge is 0.339 e. The van der Waals surface area contributed by atoms with E-state index < -0.39 is 11.8 Å². The van der Waals surface area contributed by atoms with Crippen LogP contribution in [0.1, 0.15) is 15.9 Å². The van der Waals surface area contributed by atoms with Crippen molar-refractivity contribution >= 4 is 29.3 Å². The fourth-order valence-electron chi connectivity index (χ4n) is 1.57. The molecule has 0 saturated carbocycles. The van der Waals surface area contributed by atoms with E-state index in [4.69, 9.17) is 16.7 Å². The average molecular weight is 297 g/mol. The van der Waals surface area contributed by atoms with Crippen molar-refractivity contribution < 1.29 is 14.3 Å². The second-order valence-electron chi connectivity index (χ2n) is 3.83. The molecule has 0 atom stereocenters. The Hall–Kier alpha value is -1.52. The summed E-state index contributed by atoms with van der Waals surface area (Å²) >= 11 is 7.07. The number of carboxylic acid groups (broad SMARTS) is 1. The number of hydrogen-bond donors (Lipinski definition) is 1. The molecule has 5 heteroatoms. The van der Waals surface area contributed by atoms with Crippen molar-refractivity contribution in [3.05, 3.63) is 64.4 Å². The lowest BCUT2D eigenvalue weighted by Crippen LogP contribution is -2.02. The van der Waals surface area contributed by atoms with Gasteiger partial charge in [-0.05, 0) is 29.8 Å². The molecular weight excluding hydrogens is 287 g/mol. The van der Waals surface area contributed by atoms with Crippen LogP contribution in [0.2, 0.25) is 5.02 Å². The van der Waals surface area contributed by atoms with Crippen LogP contribution in [0.25, 0.3) is 0 Å². The summed E-state index contributed by atoms with van der Waals surface area (Å²) in [6.45, 7) is 0. The maximum atomic E-state index is 13.5. The van der Waals surface area contributed by atoms with Crippen LogP contribution < -0.4 is 0 Å². The van der Waals surface area contributed by atoms with Crippen LogP contribution in [0, 0.1) is 5.82 Å². The Morgan fingerprint density at radius 2 is 1.89 bits per heavy atom. The zero-order valence-electron chi connectivity index (χ0n) is 9.77. The molecule has 2 aromatic carbocycles. The van der Waals surface area contributed by atoms with Gasteiger partial charge in [-0.15, -0.1) is 11.8 Å². The van der Waals surface area contributed by atoms with Crippen molar-refractivity contribution in [1.29, 1.82) is 0 Å². The summed E-state index contributed by atoms with van der Waals surface area (Å²) in [5.41, 5.74) is 0.719. The topological polar surface area (TPSA) is 37.3 Å². The van der Waals surface area contributed by atoms with E-state index in [1.54, 1.807) is 18.2 Å². The summed E-state index contributed by atoms with van der Waals surface area (Å²) in [5.74, 6) is -1.41. The third kappa shape index (κ3) is 3.49. The molecule has 19 heavy (non-hydrogen) atoms. The van der Waals surface area contributed by atoms with Crippen LogP contribution in [0.4, 0.5) is 4.39 Å². The van der Waals surface area contributed by atoms with Gasteiger partial charge in [-0.3, -0.25) is 0 Å². The quantitative estimate of drug-likeness (QED) is 0.846. The first-order chi connectivity index (χ1) is 9.08. The van der Waals surface area contributed by atoms with E-state index in [0.717, 1.165) is 11.6 Å². The molecule has 0 aliphatic rings. The highest BCUT2D eigenvalue weighted by atomic mass is 35.5. The largest absolute Gasteiger partial charge is 0.478 e. The number of aromatic carboxylic acids is 1. The number of carbonyl (C=O) groups is 1. The van der Waals surface area contributed by atoms with Crippen LogP contribution >= 0.6 is 23.4 Å². The monoisotopic (exact) mass is 296 g/mol. The van der Waals surface area contributed by atoms with Crippen molar-refractivity contribution in [2.24, 2.45) is 0 Å². The molecule has 0 aliphatic carbocycles. The maximum Gasteiger partial charge on any atom is 0.339 e. The van der Waals surface area contributed by atoms with Gasteiger partial charge in [0, 0.05) is 15.7 Å². The van der Waals surface area contributed by atoms with Crippen molar-refractivity contribution in [2.45, 2.75) is 10.6 Å². The van der Waals surface area contributed by atoms with E-state index in [2.05, 4.69) is 0 Å². The predicted molar refractivity (Wildman–Crippen MR) is 74.4 cm³/mol. The number of carboxylic acids is 1. The fourth-order valence-corrected chi connectivity index (χ4v) is 2.72. The van der Waals surface area contributed by atoms with Crippen LogP contribution in [-0.2, 0) is 5.75 Å². The molecule has 1 N–H and O–H groups in total. The Bertz CT molecular complexity index is 599. The molecule has 0 spiro atoms. The molecule has 0 fully saturated rings. The average Bonchev–Trinajstić information content (AvgIpc) is 2.37. The summed E-state index contributed by atoms with van der Waals surface area (Å²) in [5, 5.41) is 9.65. The normalized spacial score (nSPS) is 10.4. The zero-order chi connectivity index (χ0) is 13.8. The van der Waals surface area contributed by atoms with E-state index in [-0.39, 0.29) is 5.56 Å². The van der Waals surface area contributed by atoms with Crippen LogP contribution in [0.15, 0.2) is 47.4 Å². The van der Waals surface area contributed by atoms with Gasteiger partial charge in [0.1, 0.15) is 11.4 Å². The molecule has 0 radical (unpaired) electrons. The first-order valence-electron chi connectivity index (χ1n) is 5.47. The summed E-state index contributed by atoms with van der Waals surface area (Å²) in [7, 11) is 0. The molecule has 0 unspecified atom stereocenters. The lowest BCUT2D eigenvalue weighted by atomic mass is 10.2. The molecule has 2 rings (SSSR count). The van der Waals surface area contributed by atoms with Crippen molar-refractivity contribution in [2.75, 3.05) is 0 Å². The molecule has 2 nitrogen and oxygen atoms in total. The molecule has 98 valence electrons. The van der Waals surface area contributed by atoms with E-state index in [9.17, 15) is 9.18 Å². The highest BCUT2D eigenvalue weighted by Gasteiger charge is 2.15. The van der Waals surface area contributed by atoms with Gasteiger partial charge in [0.25, 0.3) is 0 Å². The molecule has 0 aliphatic heterocycles. The molecule has 0 aromatic heterocycles. The first-order valence-corrected chi connectivity index (χ1v) is 6.83. The van der Waals surface area contributed by atoms with E-state index in [1.807, 2.05) is 12.1 Å². The standard InChI is InChI=1S/C14H10ClFO2S/c15-10-6-4-9(5-7-10)8-19-12-3-1-2-11(16)13(12)14(17)18/h1-7H,8H2,(H,17,18). The van der Waals surface area contributed by atoms with Crippen molar-refractivity contribution in [3.63, 3.8) is 0 Å². The summed E-state index contributed by atoms with van der Waals surface area (Å²) in [6.07, 6.45) is 0. The lowest BCUT2D eigenvalue weighted by molar-refractivity contribution is 0.0688. The lowest BCUT2D eigenvalue weighted by Gasteiger charge is -2.06. The van der Waals surface area contributed by atoms with E-state index in [0.29, 0.717) is 15.7 Å². The van der Waals surface area contributed by atoms with Crippen molar-refractivity contribution in [1.82, 2.24) is 0 Å². The van der Waals surface area contributed by atoms with Crippen molar-refractivity contribution in [3.8, 4) is 0 Å². The molecule has 0 amide bonds. The number of halogens is 2. The van der Waals surface area contributed by atoms with Gasteiger partial charge < -0.3 is 5.11 Å². The second-order valence-corrected chi connectivity index (χ2v) is 5.29. The Morgan fingerprint density at radius 1 is 1.21 bits per heavy atom. The first kappa shape index (κ1) is 13.9. The molecule has 0 saturated heterocycles. The Morgan fingerprint density at radius 3 is 2.53 bits per heavy atom. The summed E-state index contributed by atoms with van der Waals surface area (Å²) in [6, 6.07) is 11.5. The zero-order valence-corrected chi connectivity index (χ0v) is 11.3. The van der Waals surface area contributed by atoms with Gasteiger partial charge >= 0.3 is 5.97 Å². The van der Waals surface area contributed by atoms with Crippen LogP contribution in [0.5, 0.6) is 0 Å². The number of rotatable bonds is 4. The SMILES string of the molecule is O=C(O)c1c(F)cccc1SCc1ccc(Cl)cc1. The Labute approximate surface area is 119 Å². The minimum absolute atomic E-state index is 0.276. The summed E-state index contributed by atoms with van der Waals surface area (Å²) in [4.78, 5) is 11.4. The Kier molecular flexibility index (Phi) is 4.45. The van der Waals surface area contributed by atoms with Gasteiger partial charge in [0.15, 0.2) is 0 Å².